The van der Waals surface area contributed by atoms with E-state index in [0.29, 0.717) is 0 Å². The summed E-state index contributed by atoms with van der Waals surface area (Å²) in [7, 11) is 2.12. The number of nitrogens with one attached hydrogen (secondary N) is 2. The monoisotopic (exact) mass is 380 g/mol. The number of hydrogen-bond acceptors (Lipinski definition) is 6. The van der Waals surface area contributed by atoms with Gasteiger partial charge in [0.1, 0.15) is 6.17 Å². The van der Waals surface area contributed by atoms with Crippen molar-refractivity contribution in [1.82, 2.24) is 15.3 Å². The molecule has 7 nitrogen and oxygen atoms in total. The molecule has 0 bridgehead atoms. The molecule has 0 unspecified atom stereocenters. The van der Waals surface area contributed by atoms with E-state index in [4.69, 9.17) is 0 Å². The molecule has 4 rings (SSSR count). The third-order valence-electron chi connectivity index (χ3n) is 5.19. The van der Waals surface area contributed by atoms with Gasteiger partial charge in [-0.1, -0.05) is 20.8 Å². The molecule has 0 spiro atoms. The van der Waals surface area contributed by atoms with Gasteiger partial charge in [0.2, 0.25) is 17.5 Å². The molecule has 0 aromatic carbocycles. The number of rotatable bonds is 3. The van der Waals surface area contributed by atoms with Gasteiger partial charge < -0.3 is 10.6 Å². The predicted molar refractivity (Wildman–Crippen MR) is 112 cm³/mol. The fraction of sp³-hybridized carbons (Fsp3) is 0.476. The molecule has 0 saturated carbocycles. The molecule has 0 fully saturated rings. The second-order valence-electron chi connectivity index (χ2n) is 8.86. The Labute approximate surface area is 167 Å². The van der Waals surface area contributed by atoms with Gasteiger partial charge >= 0.3 is 0 Å². The largest absolute Gasteiger partial charge is 0.357 e. The van der Waals surface area contributed by atoms with Crippen LogP contribution in [0.3, 0.4) is 0 Å². The van der Waals surface area contributed by atoms with Gasteiger partial charge in [-0.15, -0.1) is 0 Å². The highest BCUT2D eigenvalue weighted by molar-refractivity contribution is 5.74. The van der Waals surface area contributed by atoms with Crippen molar-refractivity contribution in [2.45, 2.75) is 53.4 Å². The summed E-state index contributed by atoms with van der Waals surface area (Å²) in [5, 5.41) is 6.80. The lowest BCUT2D eigenvalue weighted by atomic mass is 9.88. The van der Waals surface area contributed by atoms with Crippen LogP contribution in [-0.4, -0.2) is 22.3 Å². The van der Waals surface area contributed by atoms with Crippen molar-refractivity contribution in [3.63, 3.8) is 0 Å². The van der Waals surface area contributed by atoms with E-state index >= 15 is 0 Å². The van der Waals surface area contributed by atoms with E-state index in [0.717, 1.165) is 29.7 Å². The van der Waals surface area contributed by atoms with Gasteiger partial charge in [0.15, 0.2) is 12.0 Å². The Morgan fingerprint density at radius 3 is 2.46 bits per heavy atom. The zero-order valence-corrected chi connectivity index (χ0v) is 17.6. The zero-order valence-electron chi connectivity index (χ0n) is 17.6. The molecule has 0 saturated heterocycles. The van der Waals surface area contributed by atoms with Gasteiger partial charge in [-0.25, -0.2) is 24.3 Å². The molecular formula is C21H30N7+. The van der Waals surface area contributed by atoms with Crippen LogP contribution in [0.15, 0.2) is 36.9 Å². The van der Waals surface area contributed by atoms with Crippen LogP contribution in [0.25, 0.3) is 0 Å². The van der Waals surface area contributed by atoms with Gasteiger partial charge in [-0.05, 0) is 31.2 Å². The second kappa shape index (κ2) is 6.65. The smallest absolute Gasteiger partial charge is 0.237 e. The van der Waals surface area contributed by atoms with Crippen LogP contribution in [0.1, 0.15) is 40.2 Å². The van der Waals surface area contributed by atoms with E-state index in [2.05, 4.69) is 95.0 Å². The standard InChI is InChI=1S/C21H30N7/c1-14-22-9-10-27(14)17-11-16(13-21(3,4)5)12-18(26(17)6)28-15(2)25-19-20(28)24-8-7-23-19/h7-12,14-15,22H,13H2,1-6H3,(H,23,25)/q+1/t14-,15+/m0/s1. The molecule has 0 aliphatic carbocycles. The van der Waals surface area contributed by atoms with Crippen molar-refractivity contribution >= 4 is 23.3 Å². The fourth-order valence-electron chi connectivity index (χ4n) is 3.99. The fourth-order valence-corrected chi connectivity index (χ4v) is 3.99. The average Bonchev–Trinajstić information content (AvgIpc) is 3.17. The first-order chi connectivity index (χ1) is 13.2. The van der Waals surface area contributed by atoms with Gasteiger partial charge in [0, 0.05) is 30.7 Å². The lowest BCUT2D eigenvalue weighted by Gasteiger charge is -2.26. The lowest BCUT2D eigenvalue weighted by molar-refractivity contribution is -0.645. The van der Waals surface area contributed by atoms with Crippen molar-refractivity contribution in [1.29, 1.82) is 0 Å². The third kappa shape index (κ3) is 3.25. The number of fused-ring (bicyclic) bond motifs is 1. The van der Waals surface area contributed by atoms with E-state index in [1.807, 2.05) is 6.20 Å². The van der Waals surface area contributed by atoms with E-state index in [-0.39, 0.29) is 17.7 Å². The Bertz CT molecular complexity index is 915. The van der Waals surface area contributed by atoms with Crippen LogP contribution < -0.4 is 25.0 Å². The first-order valence-electron chi connectivity index (χ1n) is 9.85. The first kappa shape index (κ1) is 18.5. The van der Waals surface area contributed by atoms with Crippen molar-refractivity contribution in [3.8, 4) is 0 Å². The summed E-state index contributed by atoms with van der Waals surface area (Å²) in [5.74, 6) is 3.94. The molecule has 2 aliphatic rings. The zero-order chi connectivity index (χ0) is 20.1. The number of pyridine rings is 1. The van der Waals surface area contributed by atoms with Crippen LogP contribution in [-0.2, 0) is 13.5 Å². The topological polar surface area (TPSA) is 60.2 Å². The maximum absolute atomic E-state index is 4.60. The van der Waals surface area contributed by atoms with Gasteiger partial charge in [-0.3, -0.25) is 0 Å². The number of anilines is 4. The molecule has 7 heteroatoms. The SMILES string of the molecule is C[C@@H]1Nc2nccnc2N1c1cc(CC(C)(C)C)cc(N2C=CN[C@@H]2C)[n+]1C. The molecule has 2 aliphatic heterocycles. The van der Waals surface area contributed by atoms with Crippen LogP contribution in [0.2, 0.25) is 0 Å². The molecule has 2 aromatic rings. The van der Waals surface area contributed by atoms with Crippen LogP contribution in [0.4, 0.5) is 23.3 Å². The maximum Gasteiger partial charge on any atom is 0.237 e. The highest BCUT2D eigenvalue weighted by Crippen LogP contribution is 2.37. The summed E-state index contributed by atoms with van der Waals surface area (Å²) in [6, 6.07) is 4.59. The quantitative estimate of drug-likeness (QED) is 0.799. The van der Waals surface area contributed by atoms with Gasteiger partial charge in [0.05, 0.1) is 13.2 Å². The number of hydrogen-bond donors (Lipinski definition) is 2. The Hall–Kier alpha value is -2.83. The maximum atomic E-state index is 4.60. The van der Waals surface area contributed by atoms with Crippen LogP contribution in [0, 0.1) is 5.41 Å². The van der Waals surface area contributed by atoms with Crippen molar-refractivity contribution in [2.75, 3.05) is 15.1 Å². The van der Waals surface area contributed by atoms with Crippen LogP contribution in [0.5, 0.6) is 0 Å². The molecule has 148 valence electrons. The molecule has 4 heterocycles. The molecule has 2 aromatic heterocycles. The third-order valence-corrected chi connectivity index (χ3v) is 5.19. The summed E-state index contributed by atoms with van der Waals surface area (Å²) in [4.78, 5) is 13.6. The highest BCUT2D eigenvalue weighted by atomic mass is 15.4. The summed E-state index contributed by atoms with van der Waals surface area (Å²) < 4.78 is 2.24. The molecular weight excluding hydrogens is 350 g/mol. The predicted octanol–water partition coefficient (Wildman–Crippen LogP) is 3.03. The molecule has 2 atom stereocenters. The molecule has 28 heavy (non-hydrogen) atoms. The van der Waals surface area contributed by atoms with Gasteiger partial charge in [0.25, 0.3) is 0 Å². The van der Waals surface area contributed by atoms with E-state index in [9.17, 15) is 0 Å². The van der Waals surface area contributed by atoms with E-state index in [1.165, 1.54) is 5.56 Å². The van der Waals surface area contributed by atoms with Crippen molar-refractivity contribution in [2.24, 2.45) is 12.5 Å². The normalized spacial score (nSPS) is 20.9. The minimum atomic E-state index is 0.0750. The Balaban J connectivity index is 1.86. The van der Waals surface area contributed by atoms with E-state index in [1.54, 1.807) is 12.4 Å². The second-order valence-corrected chi connectivity index (χ2v) is 8.86. The Morgan fingerprint density at radius 1 is 1.07 bits per heavy atom. The highest BCUT2D eigenvalue weighted by Gasteiger charge is 2.37. The van der Waals surface area contributed by atoms with Crippen molar-refractivity contribution < 1.29 is 4.57 Å². The Kier molecular flexibility index (Phi) is 4.40. The molecule has 0 amide bonds. The van der Waals surface area contributed by atoms with E-state index < -0.39 is 0 Å². The summed E-state index contributed by atoms with van der Waals surface area (Å²) in [5.41, 5.74) is 1.51. The summed E-state index contributed by atoms with van der Waals surface area (Å²) in [6.07, 6.45) is 8.87. The lowest BCUT2D eigenvalue weighted by Crippen LogP contribution is -2.47. The number of aromatic nitrogens is 3. The van der Waals surface area contributed by atoms with Crippen molar-refractivity contribution in [3.05, 3.63) is 42.5 Å². The van der Waals surface area contributed by atoms with Gasteiger partial charge in [-0.2, -0.15) is 0 Å². The summed E-state index contributed by atoms with van der Waals surface area (Å²) >= 11 is 0. The minimum Gasteiger partial charge on any atom is -0.357 e. The number of nitrogens with zero attached hydrogens (tertiary/aromatic N) is 5. The minimum absolute atomic E-state index is 0.0750. The molecule has 2 N–H and O–H groups in total. The van der Waals surface area contributed by atoms with Crippen LogP contribution >= 0.6 is 0 Å². The summed E-state index contributed by atoms with van der Waals surface area (Å²) in [6.45, 7) is 11.1. The first-order valence-corrected chi connectivity index (χ1v) is 9.85. The molecule has 0 radical (unpaired) electrons. The average molecular weight is 381 g/mol. The Morgan fingerprint density at radius 2 is 1.79 bits per heavy atom.